The number of carbonyl (C=O) groups excluding carboxylic acids is 1. The molecule has 2 rings (SSSR count). The highest BCUT2D eigenvalue weighted by atomic mass is 16.4. The Morgan fingerprint density at radius 3 is 1.67 bits per heavy atom. The molecule has 2 aromatic carbocycles. The van der Waals surface area contributed by atoms with Crippen LogP contribution < -0.4 is 11.1 Å². The minimum atomic E-state index is -1.02. The molecule has 7 nitrogen and oxygen atoms in total. The average Bonchev–Trinajstić information content (AvgIpc) is 2.63. The second-order valence-corrected chi connectivity index (χ2v) is 5.92. The number of hydrogen-bond acceptors (Lipinski definition) is 4. The number of benzene rings is 2. The van der Waals surface area contributed by atoms with Gasteiger partial charge >= 0.3 is 11.9 Å². The Morgan fingerprint density at radius 1 is 0.852 bits per heavy atom. The van der Waals surface area contributed by atoms with E-state index in [1.54, 1.807) is 0 Å². The molecule has 0 aliphatic rings. The van der Waals surface area contributed by atoms with Crippen molar-refractivity contribution in [1.82, 2.24) is 5.32 Å². The van der Waals surface area contributed by atoms with Gasteiger partial charge in [-0.05, 0) is 17.5 Å². The van der Waals surface area contributed by atoms with Crippen molar-refractivity contribution in [3.63, 3.8) is 0 Å². The predicted molar refractivity (Wildman–Crippen MR) is 101 cm³/mol. The first-order valence-corrected chi connectivity index (χ1v) is 8.35. The Kier molecular flexibility index (Phi) is 9.25. The number of rotatable bonds is 7. The highest BCUT2D eigenvalue weighted by Gasteiger charge is 2.18. The van der Waals surface area contributed by atoms with E-state index in [0.717, 1.165) is 11.1 Å². The third-order valence-electron chi connectivity index (χ3n) is 3.57. The zero-order valence-corrected chi connectivity index (χ0v) is 15.0. The van der Waals surface area contributed by atoms with E-state index >= 15 is 0 Å². The van der Waals surface area contributed by atoms with Crippen LogP contribution in [0, 0.1) is 0 Å². The number of hydrogen-bond donors (Lipinski definition) is 4. The maximum atomic E-state index is 10.8. The van der Waals surface area contributed by atoms with E-state index in [1.165, 1.54) is 6.92 Å². The van der Waals surface area contributed by atoms with Gasteiger partial charge in [-0.1, -0.05) is 60.7 Å². The average molecular weight is 372 g/mol. The fourth-order valence-corrected chi connectivity index (χ4v) is 2.25. The molecule has 2 atom stereocenters. The van der Waals surface area contributed by atoms with Crippen molar-refractivity contribution in [2.24, 2.45) is 5.73 Å². The van der Waals surface area contributed by atoms with Crippen molar-refractivity contribution in [2.45, 2.75) is 31.8 Å². The summed E-state index contributed by atoms with van der Waals surface area (Å²) in [4.78, 5) is 32.0. The molecule has 0 saturated heterocycles. The fourth-order valence-electron chi connectivity index (χ4n) is 2.25. The molecular formula is C20H24N2O5. The lowest BCUT2D eigenvalue weighted by Crippen LogP contribution is -2.41. The first-order valence-electron chi connectivity index (χ1n) is 8.35. The van der Waals surface area contributed by atoms with E-state index in [9.17, 15) is 14.4 Å². The molecular weight excluding hydrogens is 348 g/mol. The quantitative estimate of drug-likeness (QED) is 0.582. The van der Waals surface area contributed by atoms with Crippen LogP contribution in [-0.4, -0.2) is 40.1 Å². The summed E-state index contributed by atoms with van der Waals surface area (Å²) in [6.45, 7) is 1.31. The summed E-state index contributed by atoms with van der Waals surface area (Å²) in [5.41, 5.74) is 7.19. The van der Waals surface area contributed by atoms with Crippen molar-refractivity contribution < 1.29 is 24.6 Å². The molecule has 2 aromatic rings. The predicted octanol–water partition coefficient (Wildman–Crippen LogP) is 1.46. The molecule has 0 saturated carbocycles. The number of amides is 1. The number of carboxylic acid groups (broad SMARTS) is 2. The third kappa shape index (κ3) is 9.18. The van der Waals surface area contributed by atoms with Crippen LogP contribution in [-0.2, 0) is 27.2 Å². The smallest absolute Gasteiger partial charge is 0.326 e. The van der Waals surface area contributed by atoms with Crippen LogP contribution in [0.2, 0.25) is 0 Å². The Labute approximate surface area is 157 Å². The second kappa shape index (κ2) is 11.4. The van der Waals surface area contributed by atoms with E-state index in [4.69, 9.17) is 15.9 Å². The van der Waals surface area contributed by atoms with Gasteiger partial charge in [-0.15, -0.1) is 0 Å². The zero-order valence-electron chi connectivity index (χ0n) is 15.0. The molecule has 5 N–H and O–H groups in total. The van der Waals surface area contributed by atoms with Gasteiger partial charge in [0.1, 0.15) is 12.1 Å². The normalized spacial score (nSPS) is 12.1. The second-order valence-electron chi connectivity index (χ2n) is 5.92. The van der Waals surface area contributed by atoms with Crippen LogP contribution >= 0.6 is 0 Å². The van der Waals surface area contributed by atoms with Gasteiger partial charge in [-0.3, -0.25) is 9.59 Å². The zero-order chi connectivity index (χ0) is 20.2. The van der Waals surface area contributed by atoms with Gasteiger partial charge in [0.2, 0.25) is 5.91 Å². The highest BCUT2D eigenvalue weighted by Crippen LogP contribution is 2.03. The Bertz CT molecular complexity index is 735. The number of nitrogens with one attached hydrogen (secondary N) is 1. The van der Waals surface area contributed by atoms with Crippen LogP contribution in [0.15, 0.2) is 60.7 Å². The lowest BCUT2D eigenvalue weighted by molar-refractivity contribution is -0.141. The number of carboxylic acids is 2. The van der Waals surface area contributed by atoms with Gasteiger partial charge < -0.3 is 21.3 Å². The monoisotopic (exact) mass is 372 g/mol. The molecule has 2 unspecified atom stereocenters. The highest BCUT2D eigenvalue weighted by molar-refractivity contribution is 5.82. The van der Waals surface area contributed by atoms with E-state index in [2.05, 4.69) is 5.32 Å². The number of nitrogens with two attached hydrogens (primary N) is 1. The van der Waals surface area contributed by atoms with Crippen LogP contribution in [0.5, 0.6) is 0 Å². The minimum Gasteiger partial charge on any atom is -0.480 e. The van der Waals surface area contributed by atoms with Crippen molar-refractivity contribution in [3.05, 3.63) is 71.8 Å². The maximum Gasteiger partial charge on any atom is 0.326 e. The molecule has 0 aliphatic heterocycles. The molecule has 144 valence electrons. The summed E-state index contributed by atoms with van der Waals surface area (Å²) in [6, 6.07) is 16.9. The summed E-state index contributed by atoms with van der Waals surface area (Å²) in [5.74, 6) is -2.31. The minimum absolute atomic E-state index is 0.301. The molecule has 0 bridgehead atoms. The van der Waals surface area contributed by atoms with Crippen molar-refractivity contribution in [1.29, 1.82) is 0 Å². The molecule has 1 amide bonds. The standard InChI is InChI=1S/C11H13NO3.C9H11NO2/c1-8(13)12-10(11(14)15)7-9-5-3-2-4-6-9;10-8(9(11)12)6-7-4-2-1-3-5-7/h2-6,10H,7H2,1H3,(H,12,13)(H,14,15);1-5,8H,6,10H2,(H,11,12). The Morgan fingerprint density at radius 2 is 1.30 bits per heavy atom. The lowest BCUT2D eigenvalue weighted by atomic mass is 10.1. The molecule has 0 aromatic heterocycles. The largest absolute Gasteiger partial charge is 0.480 e. The summed E-state index contributed by atoms with van der Waals surface area (Å²) >= 11 is 0. The van der Waals surface area contributed by atoms with Gasteiger partial charge in [0.25, 0.3) is 0 Å². The van der Waals surface area contributed by atoms with Gasteiger partial charge in [-0.25, -0.2) is 4.79 Å². The van der Waals surface area contributed by atoms with E-state index in [-0.39, 0.29) is 5.91 Å². The van der Waals surface area contributed by atoms with E-state index in [1.807, 2.05) is 60.7 Å². The molecule has 0 aliphatic carbocycles. The van der Waals surface area contributed by atoms with Crippen molar-refractivity contribution in [3.8, 4) is 0 Å². The topological polar surface area (TPSA) is 130 Å². The third-order valence-corrected chi connectivity index (χ3v) is 3.57. The maximum absolute atomic E-state index is 10.8. The molecule has 0 spiro atoms. The van der Waals surface area contributed by atoms with Gasteiger partial charge in [-0.2, -0.15) is 0 Å². The summed E-state index contributed by atoms with van der Waals surface area (Å²) in [5, 5.41) is 19.8. The fraction of sp³-hybridized carbons (Fsp3) is 0.250. The van der Waals surface area contributed by atoms with E-state index in [0.29, 0.717) is 12.8 Å². The number of aliphatic carboxylic acids is 2. The molecule has 0 heterocycles. The molecule has 27 heavy (non-hydrogen) atoms. The Hall–Kier alpha value is -3.19. The van der Waals surface area contributed by atoms with Crippen LogP contribution in [0.25, 0.3) is 0 Å². The lowest BCUT2D eigenvalue weighted by Gasteiger charge is -2.12. The van der Waals surface area contributed by atoms with Gasteiger partial charge in [0.15, 0.2) is 0 Å². The van der Waals surface area contributed by atoms with Crippen molar-refractivity contribution in [2.75, 3.05) is 0 Å². The van der Waals surface area contributed by atoms with Crippen LogP contribution in [0.4, 0.5) is 0 Å². The van der Waals surface area contributed by atoms with Crippen LogP contribution in [0.3, 0.4) is 0 Å². The van der Waals surface area contributed by atoms with E-state index < -0.39 is 24.0 Å². The summed E-state index contributed by atoms with van der Waals surface area (Å²) in [7, 11) is 0. The molecule has 7 heteroatoms. The number of carbonyl (C=O) groups is 3. The van der Waals surface area contributed by atoms with Gasteiger partial charge in [0, 0.05) is 13.3 Å². The first-order chi connectivity index (χ1) is 12.8. The molecule has 0 radical (unpaired) electrons. The first kappa shape index (κ1) is 21.9. The van der Waals surface area contributed by atoms with Crippen molar-refractivity contribution >= 4 is 17.8 Å². The molecule has 0 fully saturated rings. The Balaban J connectivity index is 0.000000277. The SMILES string of the molecule is CC(=O)NC(Cc1ccccc1)C(=O)O.NC(Cc1ccccc1)C(=O)O. The summed E-state index contributed by atoms with van der Waals surface area (Å²) in [6.07, 6.45) is 0.686. The summed E-state index contributed by atoms with van der Waals surface area (Å²) < 4.78 is 0. The van der Waals surface area contributed by atoms with Gasteiger partial charge in [0.05, 0.1) is 0 Å². The van der Waals surface area contributed by atoms with Crippen LogP contribution in [0.1, 0.15) is 18.1 Å².